The quantitative estimate of drug-likeness (QED) is 0.878. The van der Waals surface area contributed by atoms with Gasteiger partial charge >= 0.3 is 5.97 Å². The Morgan fingerprint density at radius 2 is 2.22 bits per heavy atom. The number of rotatable bonds is 4. The number of nitrogens with zero attached hydrogens (tertiary/aromatic N) is 2. The van der Waals surface area contributed by atoms with Crippen LogP contribution in [0.5, 0.6) is 0 Å². The van der Waals surface area contributed by atoms with Crippen LogP contribution in [-0.2, 0) is 22.9 Å². The van der Waals surface area contributed by atoms with Gasteiger partial charge in [0.25, 0.3) is 0 Å². The van der Waals surface area contributed by atoms with Gasteiger partial charge in [-0.15, -0.1) is 0 Å². The van der Waals surface area contributed by atoms with E-state index in [-0.39, 0.29) is 5.97 Å². The summed E-state index contributed by atoms with van der Waals surface area (Å²) in [6.45, 7) is 3.59. The monoisotopic (exact) mass is 317 g/mol. The van der Waals surface area contributed by atoms with E-state index in [4.69, 9.17) is 9.47 Å². The number of carbonyl (C=O) groups excluding carboxylic acids is 1. The van der Waals surface area contributed by atoms with E-state index in [9.17, 15) is 4.79 Å². The fourth-order valence-electron chi connectivity index (χ4n) is 3.20. The average Bonchev–Trinajstić information content (AvgIpc) is 2.96. The molecule has 0 radical (unpaired) electrons. The SMILES string of the molecule is CCc1c(C(=O)OC)cc2c(cnn2C)c1NC1CCOCC1. The third-order valence-electron chi connectivity index (χ3n) is 4.49. The molecule has 1 aliphatic rings. The summed E-state index contributed by atoms with van der Waals surface area (Å²) in [7, 11) is 3.30. The number of benzene rings is 1. The average molecular weight is 317 g/mol. The van der Waals surface area contributed by atoms with Crippen molar-refractivity contribution in [2.45, 2.75) is 32.2 Å². The van der Waals surface area contributed by atoms with Gasteiger partial charge in [0, 0.05) is 37.4 Å². The zero-order chi connectivity index (χ0) is 16.4. The van der Waals surface area contributed by atoms with E-state index in [1.54, 1.807) is 4.68 Å². The molecule has 1 N–H and O–H groups in total. The first-order valence-electron chi connectivity index (χ1n) is 8.05. The molecule has 23 heavy (non-hydrogen) atoms. The topological polar surface area (TPSA) is 65.4 Å². The molecule has 1 fully saturated rings. The number of fused-ring (bicyclic) bond motifs is 1. The maximum absolute atomic E-state index is 12.2. The van der Waals surface area contributed by atoms with Gasteiger partial charge in [0.2, 0.25) is 0 Å². The summed E-state index contributed by atoms with van der Waals surface area (Å²) < 4.78 is 12.2. The van der Waals surface area contributed by atoms with E-state index in [0.717, 1.165) is 54.6 Å². The van der Waals surface area contributed by atoms with E-state index >= 15 is 0 Å². The molecule has 2 heterocycles. The summed E-state index contributed by atoms with van der Waals surface area (Å²) in [5.74, 6) is -0.306. The van der Waals surface area contributed by atoms with Crippen molar-refractivity contribution in [2.75, 3.05) is 25.6 Å². The minimum Gasteiger partial charge on any atom is -0.465 e. The summed E-state index contributed by atoms with van der Waals surface area (Å²) in [4.78, 5) is 12.2. The molecule has 0 aliphatic carbocycles. The van der Waals surface area contributed by atoms with Gasteiger partial charge in [0.05, 0.1) is 24.4 Å². The smallest absolute Gasteiger partial charge is 0.338 e. The zero-order valence-corrected chi connectivity index (χ0v) is 13.9. The van der Waals surface area contributed by atoms with Crippen molar-refractivity contribution in [1.29, 1.82) is 0 Å². The predicted octanol–water partition coefficient (Wildman–Crippen LogP) is 2.51. The van der Waals surface area contributed by atoms with Crippen LogP contribution in [0, 0.1) is 0 Å². The largest absolute Gasteiger partial charge is 0.465 e. The number of methoxy groups -OCH3 is 1. The molecule has 6 heteroatoms. The first-order valence-corrected chi connectivity index (χ1v) is 8.05. The van der Waals surface area contributed by atoms with Gasteiger partial charge in [-0.25, -0.2) is 4.79 Å². The molecule has 0 bridgehead atoms. The van der Waals surface area contributed by atoms with Gasteiger partial charge in [-0.3, -0.25) is 4.68 Å². The number of hydrogen-bond donors (Lipinski definition) is 1. The second-order valence-corrected chi connectivity index (χ2v) is 5.85. The van der Waals surface area contributed by atoms with Crippen molar-refractivity contribution in [3.05, 3.63) is 23.4 Å². The summed E-state index contributed by atoms with van der Waals surface area (Å²) in [5.41, 5.74) is 3.53. The van der Waals surface area contributed by atoms with E-state index < -0.39 is 0 Å². The molecule has 1 aromatic carbocycles. The third kappa shape index (κ3) is 2.91. The zero-order valence-electron chi connectivity index (χ0n) is 13.9. The molecule has 0 amide bonds. The molecule has 1 aromatic heterocycles. The van der Waals surface area contributed by atoms with Crippen LogP contribution in [0.25, 0.3) is 10.9 Å². The van der Waals surface area contributed by atoms with Crippen LogP contribution in [0.4, 0.5) is 5.69 Å². The normalized spacial score (nSPS) is 15.8. The van der Waals surface area contributed by atoms with Gasteiger partial charge < -0.3 is 14.8 Å². The molecule has 2 aromatic rings. The Balaban J connectivity index is 2.13. The molecular weight excluding hydrogens is 294 g/mol. The Morgan fingerprint density at radius 3 is 2.87 bits per heavy atom. The lowest BCUT2D eigenvalue weighted by molar-refractivity contribution is 0.0599. The molecule has 0 saturated carbocycles. The van der Waals surface area contributed by atoms with Gasteiger partial charge in [-0.05, 0) is 30.9 Å². The van der Waals surface area contributed by atoms with Gasteiger partial charge in [0.15, 0.2) is 0 Å². The minimum absolute atomic E-state index is 0.306. The number of hydrogen-bond acceptors (Lipinski definition) is 5. The van der Waals surface area contributed by atoms with Crippen LogP contribution in [0.3, 0.4) is 0 Å². The highest BCUT2D eigenvalue weighted by molar-refractivity contribution is 6.03. The third-order valence-corrected chi connectivity index (χ3v) is 4.49. The molecule has 3 rings (SSSR count). The van der Waals surface area contributed by atoms with Gasteiger partial charge in [0.1, 0.15) is 0 Å². The fraction of sp³-hybridized carbons (Fsp3) is 0.529. The van der Waals surface area contributed by atoms with E-state index in [2.05, 4.69) is 17.3 Å². The summed E-state index contributed by atoms with van der Waals surface area (Å²) in [6, 6.07) is 2.23. The van der Waals surface area contributed by atoms with Crippen molar-refractivity contribution in [3.63, 3.8) is 0 Å². The molecule has 124 valence electrons. The summed E-state index contributed by atoms with van der Waals surface area (Å²) in [5, 5.41) is 9.03. The highest BCUT2D eigenvalue weighted by Gasteiger charge is 2.22. The van der Waals surface area contributed by atoms with E-state index in [1.807, 2.05) is 19.3 Å². The second-order valence-electron chi connectivity index (χ2n) is 5.85. The van der Waals surface area contributed by atoms with Gasteiger partial charge in [-0.2, -0.15) is 5.10 Å². The Kier molecular flexibility index (Phi) is 4.52. The highest BCUT2D eigenvalue weighted by atomic mass is 16.5. The Morgan fingerprint density at radius 1 is 1.48 bits per heavy atom. The van der Waals surface area contributed by atoms with Gasteiger partial charge in [-0.1, -0.05) is 6.92 Å². The Bertz CT molecular complexity index is 717. The number of nitrogens with one attached hydrogen (secondary N) is 1. The lowest BCUT2D eigenvalue weighted by Crippen LogP contribution is -2.28. The molecule has 1 aliphatic heterocycles. The molecule has 6 nitrogen and oxygen atoms in total. The first-order chi connectivity index (χ1) is 11.2. The summed E-state index contributed by atoms with van der Waals surface area (Å²) in [6.07, 6.45) is 4.54. The predicted molar refractivity (Wildman–Crippen MR) is 88.9 cm³/mol. The Hall–Kier alpha value is -2.08. The summed E-state index contributed by atoms with van der Waals surface area (Å²) >= 11 is 0. The van der Waals surface area contributed by atoms with E-state index in [0.29, 0.717) is 11.6 Å². The number of esters is 1. The number of aromatic nitrogens is 2. The first kappa shape index (κ1) is 15.8. The van der Waals surface area contributed by atoms with Crippen molar-refractivity contribution >= 4 is 22.6 Å². The van der Waals surface area contributed by atoms with Crippen molar-refractivity contribution in [1.82, 2.24) is 9.78 Å². The van der Waals surface area contributed by atoms with Crippen LogP contribution in [0.15, 0.2) is 12.3 Å². The molecule has 0 atom stereocenters. The second kappa shape index (κ2) is 6.58. The molecule has 0 spiro atoms. The van der Waals surface area contributed by atoms with Crippen LogP contribution < -0.4 is 5.32 Å². The lowest BCUT2D eigenvalue weighted by Gasteiger charge is -2.26. The lowest BCUT2D eigenvalue weighted by atomic mass is 9.98. The number of aryl methyl sites for hydroxylation is 1. The number of carbonyl (C=O) groups is 1. The van der Waals surface area contributed by atoms with Crippen LogP contribution in [0.2, 0.25) is 0 Å². The van der Waals surface area contributed by atoms with E-state index in [1.165, 1.54) is 7.11 Å². The standard InChI is InChI=1S/C17H23N3O3/c1-4-12-13(17(21)22-3)9-15-14(10-18-20(15)2)16(12)19-11-5-7-23-8-6-11/h9-11,19H,4-8H2,1-3H3. The van der Waals surface area contributed by atoms with Crippen molar-refractivity contribution in [3.8, 4) is 0 Å². The van der Waals surface area contributed by atoms with Crippen molar-refractivity contribution in [2.24, 2.45) is 7.05 Å². The molecule has 1 saturated heterocycles. The van der Waals surface area contributed by atoms with Crippen LogP contribution in [0.1, 0.15) is 35.7 Å². The van der Waals surface area contributed by atoms with Crippen molar-refractivity contribution < 1.29 is 14.3 Å². The highest BCUT2D eigenvalue weighted by Crippen LogP contribution is 2.33. The maximum atomic E-state index is 12.2. The number of ether oxygens (including phenoxy) is 2. The molecular formula is C17H23N3O3. The minimum atomic E-state index is -0.306. The number of anilines is 1. The van der Waals surface area contributed by atoms with Crippen LogP contribution >= 0.6 is 0 Å². The van der Waals surface area contributed by atoms with Crippen LogP contribution in [-0.4, -0.2) is 42.1 Å². The Labute approximate surface area is 135 Å². The maximum Gasteiger partial charge on any atom is 0.338 e. The molecule has 0 unspecified atom stereocenters. The fourth-order valence-corrected chi connectivity index (χ4v) is 3.20.